The van der Waals surface area contributed by atoms with Gasteiger partial charge in [-0.3, -0.25) is 29.1 Å². The summed E-state index contributed by atoms with van der Waals surface area (Å²) in [5, 5.41) is 27.2. The summed E-state index contributed by atoms with van der Waals surface area (Å²) in [5.74, 6) is -2.98. The van der Waals surface area contributed by atoms with Crippen LogP contribution in [-0.4, -0.2) is 157 Å². The van der Waals surface area contributed by atoms with Crippen LogP contribution >= 0.6 is 0 Å². The van der Waals surface area contributed by atoms with Crippen molar-refractivity contribution >= 4 is 17.9 Å². The first-order valence-corrected chi connectivity index (χ1v) is 9.85. The first-order chi connectivity index (χ1) is 13.7. The molecule has 168 valence electrons. The molecule has 1 saturated heterocycles. The van der Waals surface area contributed by atoms with Crippen LogP contribution in [-0.2, 0) is 14.4 Å². The Kier molecular flexibility index (Phi) is 11.7. The van der Waals surface area contributed by atoms with Gasteiger partial charge in [0, 0.05) is 65.4 Å². The zero-order valence-corrected chi connectivity index (χ0v) is 17.5. The van der Waals surface area contributed by atoms with E-state index in [-0.39, 0.29) is 19.6 Å². The molecule has 1 rings (SSSR count). The van der Waals surface area contributed by atoms with Crippen LogP contribution in [0.5, 0.6) is 0 Å². The van der Waals surface area contributed by atoms with E-state index in [1.807, 2.05) is 11.9 Å². The Morgan fingerprint density at radius 2 is 1.10 bits per heavy atom. The molecule has 0 aliphatic carbocycles. The molecule has 0 atom stereocenters. The lowest BCUT2D eigenvalue weighted by molar-refractivity contribution is -0.142. The first-order valence-electron chi connectivity index (χ1n) is 9.85. The Hall–Kier alpha value is -1.79. The second-order valence-electron chi connectivity index (χ2n) is 7.62. The van der Waals surface area contributed by atoms with E-state index in [1.165, 1.54) is 4.90 Å². The quantitative estimate of drug-likeness (QED) is 0.386. The molecule has 0 bridgehead atoms. The SMILES string of the molecule is CN1CCN(C)CCN(CC(=O)O)CCN(CCN(CC(=O)O)CC(=O)O)CC1. The second kappa shape index (κ2) is 13.4. The summed E-state index contributed by atoms with van der Waals surface area (Å²) in [5.41, 5.74) is 0. The molecule has 11 heteroatoms. The van der Waals surface area contributed by atoms with Crippen molar-refractivity contribution in [3.8, 4) is 0 Å². The number of hydrogen-bond acceptors (Lipinski definition) is 8. The van der Waals surface area contributed by atoms with Gasteiger partial charge in [-0.2, -0.15) is 0 Å². The van der Waals surface area contributed by atoms with Crippen molar-refractivity contribution in [1.82, 2.24) is 24.5 Å². The Balaban J connectivity index is 2.73. The average Bonchev–Trinajstić information content (AvgIpc) is 2.60. The number of aliphatic carboxylic acids is 3. The van der Waals surface area contributed by atoms with Crippen molar-refractivity contribution in [1.29, 1.82) is 0 Å². The van der Waals surface area contributed by atoms with Crippen LogP contribution in [0, 0.1) is 0 Å². The molecule has 0 aromatic rings. The predicted molar refractivity (Wildman–Crippen MR) is 107 cm³/mol. The minimum atomic E-state index is -1.06. The Labute approximate surface area is 172 Å². The second-order valence-corrected chi connectivity index (χ2v) is 7.62. The number of carboxylic acid groups (broad SMARTS) is 3. The summed E-state index contributed by atoms with van der Waals surface area (Å²) in [7, 11) is 4.08. The summed E-state index contributed by atoms with van der Waals surface area (Å²) >= 11 is 0. The molecule has 1 aliphatic rings. The van der Waals surface area contributed by atoms with E-state index in [9.17, 15) is 19.5 Å². The van der Waals surface area contributed by atoms with E-state index in [0.717, 1.165) is 32.7 Å². The van der Waals surface area contributed by atoms with Crippen molar-refractivity contribution in [3.05, 3.63) is 0 Å². The number of rotatable bonds is 9. The van der Waals surface area contributed by atoms with Crippen molar-refractivity contribution in [2.75, 3.05) is 99.2 Å². The van der Waals surface area contributed by atoms with Gasteiger partial charge in [-0.05, 0) is 14.1 Å². The zero-order chi connectivity index (χ0) is 21.8. The molecule has 0 unspecified atom stereocenters. The molecular formula is C18H35N5O6. The highest BCUT2D eigenvalue weighted by molar-refractivity contribution is 5.72. The van der Waals surface area contributed by atoms with E-state index >= 15 is 0 Å². The normalized spacial score (nSPS) is 19.6. The molecule has 0 saturated carbocycles. The summed E-state index contributed by atoms with van der Waals surface area (Å²) < 4.78 is 0. The van der Waals surface area contributed by atoms with Gasteiger partial charge in [-0.1, -0.05) is 0 Å². The standard InChI is InChI=1S/C18H35N5O6/c1-19-3-4-20(2)6-8-22(13-16(24)25)11-9-21(7-5-19)10-12-23(14-17(26)27)15-18(28)29/h3-15H2,1-2H3,(H,24,25)(H,26,27)(H,28,29). The van der Waals surface area contributed by atoms with Gasteiger partial charge >= 0.3 is 17.9 Å². The van der Waals surface area contributed by atoms with Crippen LogP contribution < -0.4 is 0 Å². The van der Waals surface area contributed by atoms with Gasteiger partial charge < -0.3 is 25.1 Å². The molecule has 0 aromatic carbocycles. The monoisotopic (exact) mass is 417 g/mol. The fourth-order valence-corrected chi connectivity index (χ4v) is 3.15. The average molecular weight is 418 g/mol. The highest BCUT2D eigenvalue weighted by Crippen LogP contribution is 2.00. The van der Waals surface area contributed by atoms with E-state index in [0.29, 0.717) is 32.7 Å². The highest BCUT2D eigenvalue weighted by Gasteiger charge is 2.18. The van der Waals surface area contributed by atoms with Gasteiger partial charge in [-0.25, -0.2) is 0 Å². The van der Waals surface area contributed by atoms with Gasteiger partial charge in [0.2, 0.25) is 0 Å². The van der Waals surface area contributed by atoms with Crippen LogP contribution in [0.25, 0.3) is 0 Å². The molecular weight excluding hydrogens is 382 g/mol. The maximum absolute atomic E-state index is 11.2. The van der Waals surface area contributed by atoms with Crippen molar-refractivity contribution in [2.24, 2.45) is 0 Å². The van der Waals surface area contributed by atoms with Crippen molar-refractivity contribution in [2.45, 2.75) is 0 Å². The molecule has 0 radical (unpaired) electrons. The van der Waals surface area contributed by atoms with Gasteiger partial charge in [0.25, 0.3) is 0 Å². The largest absolute Gasteiger partial charge is 0.480 e. The molecule has 0 amide bonds. The zero-order valence-electron chi connectivity index (χ0n) is 17.5. The third-order valence-corrected chi connectivity index (χ3v) is 5.00. The van der Waals surface area contributed by atoms with E-state index in [4.69, 9.17) is 10.2 Å². The molecule has 0 spiro atoms. The molecule has 0 aromatic heterocycles. The molecule has 1 heterocycles. The van der Waals surface area contributed by atoms with Crippen LogP contribution in [0.3, 0.4) is 0 Å². The molecule has 1 aliphatic heterocycles. The molecule has 29 heavy (non-hydrogen) atoms. The molecule has 1 fully saturated rings. The van der Waals surface area contributed by atoms with E-state index in [2.05, 4.69) is 21.7 Å². The first kappa shape index (κ1) is 25.2. The van der Waals surface area contributed by atoms with Crippen molar-refractivity contribution in [3.63, 3.8) is 0 Å². The minimum Gasteiger partial charge on any atom is -0.480 e. The number of hydrogen-bond donors (Lipinski definition) is 3. The molecule has 11 nitrogen and oxygen atoms in total. The van der Waals surface area contributed by atoms with E-state index < -0.39 is 17.9 Å². The number of carboxylic acids is 3. The number of carbonyl (C=O) groups is 3. The Morgan fingerprint density at radius 3 is 1.59 bits per heavy atom. The van der Waals surface area contributed by atoms with Gasteiger partial charge in [0.15, 0.2) is 0 Å². The van der Waals surface area contributed by atoms with Crippen LogP contribution in [0.15, 0.2) is 0 Å². The number of likely N-dealkylation sites (N-methyl/N-ethyl adjacent to an activating group) is 2. The van der Waals surface area contributed by atoms with E-state index in [1.54, 1.807) is 0 Å². The third-order valence-electron chi connectivity index (χ3n) is 5.00. The molecule has 3 N–H and O–H groups in total. The smallest absolute Gasteiger partial charge is 0.317 e. The minimum absolute atomic E-state index is 0.0221. The van der Waals surface area contributed by atoms with Crippen LogP contribution in [0.2, 0.25) is 0 Å². The summed E-state index contributed by atoms with van der Waals surface area (Å²) in [4.78, 5) is 43.0. The number of nitrogens with zero attached hydrogens (tertiary/aromatic N) is 5. The maximum Gasteiger partial charge on any atom is 0.317 e. The predicted octanol–water partition coefficient (Wildman–Crippen LogP) is -1.98. The Morgan fingerprint density at radius 1 is 0.690 bits per heavy atom. The lowest BCUT2D eigenvalue weighted by atomic mass is 10.3. The van der Waals surface area contributed by atoms with Gasteiger partial charge in [0.1, 0.15) is 0 Å². The van der Waals surface area contributed by atoms with Gasteiger partial charge in [-0.15, -0.1) is 0 Å². The lowest BCUT2D eigenvalue weighted by Gasteiger charge is -2.32. The fraction of sp³-hybridized carbons (Fsp3) is 0.833. The van der Waals surface area contributed by atoms with Crippen LogP contribution in [0.1, 0.15) is 0 Å². The summed E-state index contributed by atoms with van der Waals surface area (Å²) in [6.07, 6.45) is 0. The van der Waals surface area contributed by atoms with Gasteiger partial charge in [0.05, 0.1) is 19.6 Å². The summed E-state index contributed by atoms with van der Waals surface area (Å²) in [6, 6.07) is 0. The maximum atomic E-state index is 11.2. The van der Waals surface area contributed by atoms with Crippen molar-refractivity contribution < 1.29 is 29.7 Å². The summed E-state index contributed by atoms with van der Waals surface area (Å²) in [6.45, 7) is 6.20. The lowest BCUT2D eigenvalue weighted by Crippen LogP contribution is -2.47. The van der Waals surface area contributed by atoms with Crippen LogP contribution in [0.4, 0.5) is 0 Å². The third kappa shape index (κ3) is 12.4. The fourth-order valence-electron chi connectivity index (χ4n) is 3.15. The highest BCUT2D eigenvalue weighted by atomic mass is 16.4. The Bertz CT molecular complexity index is 519. The topological polar surface area (TPSA) is 128 Å².